The van der Waals surface area contributed by atoms with E-state index in [2.05, 4.69) is 5.32 Å². The fourth-order valence-corrected chi connectivity index (χ4v) is 3.94. The lowest BCUT2D eigenvalue weighted by atomic mass is 10.1. The normalized spacial score (nSPS) is 12.5. The van der Waals surface area contributed by atoms with Gasteiger partial charge in [0.2, 0.25) is 0 Å². The molecule has 7 heteroatoms. The van der Waals surface area contributed by atoms with E-state index in [0.717, 1.165) is 29.7 Å². The van der Waals surface area contributed by atoms with Crippen molar-refractivity contribution in [2.45, 2.75) is 33.6 Å². The Morgan fingerprint density at radius 2 is 1.81 bits per heavy atom. The maximum atomic E-state index is 12.6. The minimum Gasteiger partial charge on any atom is -0.494 e. The Morgan fingerprint density at radius 3 is 2.61 bits per heavy atom. The van der Waals surface area contributed by atoms with Gasteiger partial charge in [-0.3, -0.25) is 9.59 Å². The Bertz CT molecular complexity index is 1220. The quantitative estimate of drug-likeness (QED) is 0.396. The summed E-state index contributed by atoms with van der Waals surface area (Å²) in [5, 5.41) is 2.85. The first-order valence-corrected chi connectivity index (χ1v) is 12.2. The Kier molecular flexibility index (Phi) is 8.10. The molecule has 1 N–H and O–H groups in total. The number of rotatable bonds is 10. The second-order valence-corrected chi connectivity index (χ2v) is 8.92. The second kappa shape index (κ2) is 11.6. The molecular weight excluding hydrogens is 456 g/mol. The molecule has 4 rings (SSSR count). The largest absolute Gasteiger partial charge is 0.494 e. The lowest BCUT2D eigenvalue weighted by Gasteiger charge is -2.30. The van der Waals surface area contributed by atoms with Gasteiger partial charge in [-0.2, -0.15) is 0 Å². The molecule has 0 unspecified atom stereocenters. The molecule has 36 heavy (non-hydrogen) atoms. The van der Waals surface area contributed by atoms with Crippen molar-refractivity contribution in [3.63, 3.8) is 0 Å². The standard InChI is InChI=1S/C29H32N2O5/c1-20-9-12-24(13-10-20)34-16-5-4-15-31-25-17-23(11-14-27(25)36-19-29(31)33)30-28(32)18-35-26-8-6-7-21(2)22(26)3/h6-14,17H,4-5,15-16,18-19H2,1-3H3,(H,30,32). The number of hydrogen-bond donors (Lipinski definition) is 1. The number of anilines is 2. The molecule has 0 aliphatic carbocycles. The second-order valence-electron chi connectivity index (χ2n) is 8.92. The van der Waals surface area contributed by atoms with Crippen molar-refractivity contribution in [1.29, 1.82) is 0 Å². The third kappa shape index (κ3) is 6.36. The number of amides is 2. The molecular formula is C29H32N2O5. The molecule has 1 aliphatic rings. The molecule has 0 fully saturated rings. The molecule has 188 valence electrons. The zero-order chi connectivity index (χ0) is 25.5. The van der Waals surface area contributed by atoms with Crippen LogP contribution < -0.4 is 24.4 Å². The van der Waals surface area contributed by atoms with E-state index in [9.17, 15) is 9.59 Å². The molecule has 0 bridgehead atoms. The average Bonchev–Trinajstić information content (AvgIpc) is 2.87. The number of benzene rings is 3. The molecule has 0 aromatic heterocycles. The number of carbonyl (C=O) groups excluding carboxylic acids is 2. The molecule has 3 aromatic rings. The predicted octanol–water partition coefficient (Wildman–Crippen LogP) is 5.21. The Morgan fingerprint density at radius 1 is 1.00 bits per heavy atom. The van der Waals surface area contributed by atoms with Gasteiger partial charge >= 0.3 is 0 Å². The minimum atomic E-state index is -0.279. The number of nitrogens with one attached hydrogen (secondary N) is 1. The van der Waals surface area contributed by atoms with Crippen LogP contribution in [-0.2, 0) is 9.59 Å². The van der Waals surface area contributed by atoms with Crippen molar-refractivity contribution in [1.82, 2.24) is 0 Å². The van der Waals surface area contributed by atoms with Crippen LogP contribution in [-0.4, -0.2) is 38.2 Å². The number of aryl methyl sites for hydroxylation is 2. The molecule has 3 aromatic carbocycles. The minimum absolute atomic E-state index is 0.00224. The van der Waals surface area contributed by atoms with E-state index in [0.29, 0.717) is 36.0 Å². The van der Waals surface area contributed by atoms with Crippen LogP contribution >= 0.6 is 0 Å². The highest BCUT2D eigenvalue weighted by Crippen LogP contribution is 2.35. The zero-order valence-corrected chi connectivity index (χ0v) is 21.0. The van der Waals surface area contributed by atoms with Gasteiger partial charge in [-0.25, -0.2) is 0 Å². The van der Waals surface area contributed by atoms with Gasteiger partial charge in [0.1, 0.15) is 17.2 Å². The average molecular weight is 489 g/mol. The molecule has 1 aliphatic heterocycles. The van der Waals surface area contributed by atoms with Crippen LogP contribution in [0.1, 0.15) is 29.5 Å². The predicted molar refractivity (Wildman–Crippen MR) is 140 cm³/mol. The van der Waals surface area contributed by atoms with E-state index in [1.807, 2.05) is 63.2 Å². The highest BCUT2D eigenvalue weighted by Gasteiger charge is 2.25. The summed E-state index contributed by atoms with van der Waals surface area (Å²) in [4.78, 5) is 26.8. The lowest BCUT2D eigenvalue weighted by Crippen LogP contribution is -2.39. The van der Waals surface area contributed by atoms with E-state index in [-0.39, 0.29) is 25.0 Å². The van der Waals surface area contributed by atoms with E-state index in [4.69, 9.17) is 14.2 Å². The van der Waals surface area contributed by atoms with Crippen LogP contribution in [0.2, 0.25) is 0 Å². The molecule has 0 spiro atoms. The van der Waals surface area contributed by atoms with Crippen molar-refractivity contribution >= 4 is 23.2 Å². The van der Waals surface area contributed by atoms with Gasteiger partial charge in [0.25, 0.3) is 11.8 Å². The lowest BCUT2D eigenvalue weighted by molar-refractivity contribution is -0.121. The number of nitrogens with zero attached hydrogens (tertiary/aromatic N) is 1. The van der Waals surface area contributed by atoms with Crippen molar-refractivity contribution < 1.29 is 23.8 Å². The Hall–Kier alpha value is -4.00. The van der Waals surface area contributed by atoms with E-state index in [1.165, 1.54) is 5.56 Å². The van der Waals surface area contributed by atoms with E-state index >= 15 is 0 Å². The summed E-state index contributed by atoms with van der Waals surface area (Å²) in [6.45, 7) is 7.01. The first-order chi connectivity index (χ1) is 17.4. The molecule has 0 saturated carbocycles. The van der Waals surface area contributed by atoms with Gasteiger partial charge in [-0.05, 0) is 81.1 Å². The van der Waals surface area contributed by atoms with Gasteiger partial charge in [-0.1, -0.05) is 29.8 Å². The third-order valence-electron chi connectivity index (χ3n) is 6.17. The molecule has 2 amide bonds. The summed E-state index contributed by atoms with van der Waals surface area (Å²) in [5.74, 6) is 1.76. The number of unbranched alkanes of at least 4 members (excludes halogenated alkanes) is 1. The summed E-state index contributed by atoms with van der Waals surface area (Å²) < 4.78 is 17.1. The zero-order valence-electron chi connectivity index (χ0n) is 21.0. The maximum Gasteiger partial charge on any atom is 0.265 e. The summed E-state index contributed by atoms with van der Waals surface area (Å²) >= 11 is 0. The maximum absolute atomic E-state index is 12.6. The Labute approximate surface area is 212 Å². The van der Waals surface area contributed by atoms with Gasteiger partial charge in [0, 0.05) is 12.2 Å². The molecule has 0 radical (unpaired) electrons. The first-order valence-electron chi connectivity index (χ1n) is 12.2. The van der Waals surface area contributed by atoms with Gasteiger partial charge in [-0.15, -0.1) is 0 Å². The van der Waals surface area contributed by atoms with Crippen molar-refractivity contribution in [3.05, 3.63) is 77.4 Å². The monoisotopic (exact) mass is 488 g/mol. The fraction of sp³-hybridized carbons (Fsp3) is 0.310. The summed E-state index contributed by atoms with van der Waals surface area (Å²) in [6.07, 6.45) is 1.58. The highest BCUT2D eigenvalue weighted by atomic mass is 16.5. The smallest absolute Gasteiger partial charge is 0.265 e. The van der Waals surface area contributed by atoms with E-state index in [1.54, 1.807) is 23.1 Å². The topological polar surface area (TPSA) is 77.1 Å². The van der Waals surface area contributed by atoms with Gasteiger partial charge < -0.3 is 24.4 Å². The number of ether oxygens (including phenoxy) is 3. The highest BCUT2D eigenvalue weighted by molar-refractivity contribution is 5.99. The van der Waals surface area contributed by atoms with E-state index < -0.39 is 0 Å². The molecule has 7 nitrogen and oxygen atoms in total. The van der Waals surface area contributed by atoms with Gasteiger partial charge in [0.15, 0.2) is 13.2 Å². The van der Waals surface area contributed by atoms with Crippen molar-refractivity contribution in [2.75, 3.05) is 36.6 Å². The van der Waals surface area contributed by atoms with Crippen LogP contribution in [0.4, 0.5) is 11.4 Å². The van der Waals surface area contributed by atoms with Crippen LogP contribution in [0, 0.1) is 20.8 Å². The van der Waals surface area contributed by atoms with Crippen molar-refractivity contribution in [3.8, 4) is 17.2 Å². The van der Waals surface area contributed by atoms with Crippen LogP contribution in [0.3, 0.4) is 0 Å². The summed E-state index contributed by atoms with van der Waals surface area (Å²) in [6, 6.07) is 19.0. The first kappa shape index (κ1) is 25.1. The van der Waals surface area contributed by atoms with Crippen molar-refractivity contribution in [2.24, 2.45) is 0 Å². The van der Waals surface area contributed by atoms with Crippen LogP contribution in [0.5, 0.6) is 17.2 Å². The molecule has 1 heterocycles. The number of hydrogen-bond acceptors (Lipinski definition) is 5. The summed E-state index contributed by atoms with van der Waals surface area (Å²) in [7, 11) is 0. The number of carbonyl (C=O) groups is 2. The SMILES string of the molecule is Cc1ccc(OCCCCN2C(=O)COc3ccc(NC(=O)COc4cccc(C)c4C)cc32)cc1. The molecule has 0 atom stereocenters. The van der Waals surface area contributed by atoms with Crippen LogP contribution in [0.25, 0.3) is 0 Å². The fourth-order valence-electron chi connectivity index (χ4n) is 3.94. The van der Waals surface area contributed by atoms with Gasteiger partial charge in [0.05, 0.1) is 12.3 Å². The van der Waals surface area contributed by atoms with Crippen LogP contribution in [0.15, 0.2) is 60.7 Å². The molecule has 0 saturated heterocycles. The summed E-state index contributed by atoms with van der Waals surface area (Å²) in [5.41, 5.74) is 4.54. The number of fused-ring (bicyclic) bond motifs is 1. The third-order valence-corrected chi connectivity index (χ3v) is 6.17. The Balaban J connectivity index is 1.31.